The van der Waals surface area contributed by atoms with Crippen LogP contribution >= 0.6 is 0 Å². The molecule has 0 radical (unpaired) electrons. The van der Waals surface area contributed by atoms with Gasteiger partial charge in [0.2, 0.25) is 0 Å². The second kappa shape index (κ2) is 9.47. The fourth-order valence-corrected chi connectivity index (χ4v) is 4.09. The van der Waals surface area contributed by atoms with Gasteiger partial charge in [-0.25, -0.2) is 0 Å². The monoisotopic (exact) mass is 440 g/mol. The first-order chi connectivity index (χ1) is 14.8. The summed E-state index contributed by atoms with van der Waals surface area (Å²) in [5, 5.41) is 0. The fraction of sp³-hybridized carbons (Fsp3) is 0.500. The standard InChI is InChI=1S/C24H28F4O3/c1-4-29-13-7-8-18-19-14-16(30-5-2)9-11-21(19)23(25,26)24(27,28)22-12-10-17(31-6-3)15-20(18)22/h9-12,14-15,18H,4-8,13H2,1-3H3. The predicted octanol–water partition coefficient (Wildman–Crippen LogP) is 6.63. The number of hydrogen-bond acceptors (Lipinski definition) is 3. The number of rotatable bonds is 9. The van der Waals surface area contributed by atoms with E-state index in [1.165, 1.54) is 24.3 Å². The van der Waals surface area contributed by atoms with E-state index in [-0.39, 0.29) is 11.1 Å². The summed E-state index contributed by atoms with van der Waals surface area (Å²) in [6, 6.07) is 7.72. The van der Waals surface area contributed by atoms with Gasteiger partial charge >= 0.3 is 11.8 Å². The lowest BCUT2D eigenvalue weighted by Gasteiger charge is -2.27. The summed E-state index contributed by atoms with van der Waals surface area (Å²) in [5.74, 6) is -8.67. The average molecular weight is 440 g/mol. The molecular weight excluding hydrogens is 412 g/mol. The van der Waals surface area contributed by atoms with Crippen molar-refractivity contribution in [2.24, 2.45) is 0 Å². The smallest absolute Gasteiger partial charge is 0.340 e. The van der Waals surface area contributed by atoms with Crippen LogP contribution in [-0.4, -0.2) is 26.4 Å². The minimum atomic E-state index is -4.37. The van der Waals surface area contributed by atoms with E-state index in [9.17, 15) is 0 Å². The van der Waals surface area contributed by atoms with Gasteiger partial charge in [0.05, 0.1) is 13.2 Å². The Kier molecular flexibility index (Phi) is 7.14. The van der Waals surface area contributed by atoms with Gasteiger partial charge in [-0.2, -0.15) is 17.6 Å². The molecule has 2 aromatic rings. The van der Waals surface area contributed by atoms with Crippen LogP contribution < -0.4 is 9.47 Å². The summed E-state index contributed by atoms with van der Waals surface area (Å²) in [6.07, 6.45) is 0.906. The maximum atomic E-state index is 15.2. The topological polar surface area (TPSA) is 27.7 Å². The molecule has 0 aliphatic heterocycles. The van der Waals surface area contributed by atoms with Crippen LogP contribution in [0.5, 0.6) is 11.5 Å². The summed E-state index contributed by atoms with van der Waals surface area (Å²) in [5.41, 5.74) is -1.04. The number of benzene rings is 2. The minimum Gasteiger partial charge on any atom is -0.494 e. The highest BCUT2D eigenvalue weighted by Crippen LogP contribution is 2.57. The number of ether oxygens (including phenoxy) is 3. The zero-order chi connectivity index (χ0) is 22.6. The molecule has 0 spiro atoms. The minimum absolute atomic E-state index is 0.152. The summed E-state index contributed by atoms with van der Waals surface area (Å²) >= 11 is 0. The molecule has 0 bridgehead atoms. The Hall–Kier alpha value is -2.28. The molecule has 0 aromatic heterocycles. The SMILES string of the molecule is CCOCCCC1c2cc(OCC)ccc2C(F)(F)C(F)(F)c2ccc(OCC)cc21. The third-order valence-corrected chi connectivity index (χ3v) is 5.48. The van der Waals surface area contributed by atoms with Crippen LogP contribution in [0.4, 0.5) is 17.6 Å². The molecule has 0 saturated carbocycles. The van der Waals surface area contributed by atoms with Gasteiger partial charge in [-0.3, -0.25) is 0 Å². The van der Waals surface area contributed by atoms with E-state index in [2.05, 4.69) is 0 Å². The molecule has 0 heterocycles. The van der Waals surface area contributed by atoms with Crippen molar-refractivity contribution in [3.8, 4) is 11.5 Å². The van der Waals surface area contributed by atoms with Crippen molar-refractivity contribution in [2.45, 2.75) is 51.4 Å². The van der Waals surface area contributed by atoms with Crippen molar-refractivity contribution < 1.29 is 31.8 Å². The zero-order valence-electron chi connectivity index (χ0n) is 18.0. The highest BCUT2D eigenvalue weighted by Gasteiger charge is 2.62. The summed E-state index contributed by atoms with van der Waals surface area (Å²) < 4.78 is 77.4. The van der Waals surface area contributed by atoms with Gasteiger partial charge < -0.3 is 14.2 Å². The average Bonchev–Trinajstić information content (AvgIpc) is 2.78. The quantitative estimate of drug-likeness (QED) is 0.324. The van der Waals surface area contributed by atoms with E-state index >= 15 is 17.6 Å². The van der Waals surface area contributed by atoms with Gasteiger partial charge in [0.1, 0.15) is 11.5 Å². The number of hydrogen-bond donors (Lipinski definition) is 0. The molecule has 1 aliphatic rings. The second-order valence-electron chi connectivity index (χ2n) is 7.40. The van der Waals surface area contributed by atoms with Gasteiger partial charge in [0.15, 0.2) is 0 Å². The van der Waals surface area contributed by atoms with Gasteiger partial charge in [0, 0.05) is 30.3 Å². The van der Waals surface area contributed by atoms with E-state index in [1.807, 2.05) is 6.92 Å². The largest absolute Gasteiger partial charge is 0.494 e. The number of halogens is 4. The van der Waals surface area contributed by atoms with Crippen LogP contribution in [0.25, 0.3) is 0 Å². The first-order valence-electron chi connectivity index (χ1n) is 10.7. The molecule has 0 N–H and O–H groups in total. The lowest BCUT2D eigenvalue weighted by Crippen LogP contribution is -2.35. The molecule has 170 valence electrons. The first-order valence-corrected chi connectivity index (χ1v) is 10.7. The van der Waals surface area contributed by atoms with Crippen molar-refractivity contribution in [2.75, 3.05) is 26.4 Å². The highest BCUT2D eigenvalue weighted by atomic mass is 19.3. The Morgan fingerprint density at radius 1 is 0.742 bits per heavy atom. The molecule has 2 aromatic carbocycles. The lowest BCUT2D eigenvalue weighted by atomic mass is 9.84. The van der Waals surface area contributed by atoms with Crippen LogP contribution in [0.15, 0.2) is 36.4 Å². The first kappa shape index (κ1) is 23.4. The molecule has 0 unspecified atom stereocenters. The van der Waals surface area contributed by atoms with E-state index < -0.39 is 28.9 Å². The normalized spacial score (nSPS) is 16.9. The third kappa shape index (κ3) is 4.38. The van der Waals surface area contributed by atoms with Crippen molar-refractivity contribution in [3.63, 3.8) is 0 Å². The molecular formula is C24H28F4O3. The molecule has 3 rings (SSSR count). The molecule has 7 heteroatoms. The number of alkyl halides is 4. The fourth-order valence-electron chi connectivity index (χ4n) is 4.09. The van der Waals surface area contributed by atoms with Gasteiger partial charge in [-0.05, 0) is 81.1 Å². The molecule has 0 amide bonds. The van der Waals surface area contributed by atoms with Crippen molar-refractivity contribution in [3.05, 3.63) is 58.7 Å². The van der Waals surface area contributed by atoms with Crippen LogP contribution in [0.2, 0.25) is 0 Å². The Balaban J connectivity index is 2.23. The summed E-state index contributed by atoms with van der Waals surface area (Å²) in [6.45, 7) is 7.03. The number of fused-ring (bicyclic) bond motifs is 2. The molecule has 3 nitrogen and oxygen atoms in total. The van der Waals surface area contributed by atoms with Crippen LogP contribution in [0, 0.1) is 0 Å². The Morgan fingerprint density at radius 2 is 1.23 bits per heavy atom. The Labute approximate surface area is 180 Å². The molecule has 31 heavy (non-hydrogen) atoms. The lowest BCUT2D eigenvalue weighted by molar-refractivity contribution is -0.223. The zero-order valence-corrected chi connectivity index (χ0v) is 18.0. The predicted molar refractivity (Wildman–Crippen MR) is 111 cm³/mol. The van der Waals surface area contributed by atoms with Gasteiger partial charge in [-0.15, -0.1) is 0 Å². The highest BCUT2D eigenvalue weighted by molar-refractivity contribution is 5.53. The van der Waals surface area contributed by atoms with Crippen LogP contribution in [-0.2, 0) is 16.6 Å². The van der Waals surface area contributed by atoms with E-state index in [0.717, 1.165) is 12.1 Å². The van der Waals surface area contributed by atoms with Crippen LogP contribution in [0.3, 0.4) is 0 Å². The summed E-state index contributed by atoms with van der Waals surface area (Å²) in [4.78, 5) is 0. The van der Waals surface area contributed by atoms with Crippen molar-refractivity contribution >= 4 is 0 Å². The van der Waals surface area contributed by atoms with E-state index in [4.69, 9.17) is 14.2 Å². The van der Waals surface area contributed by atoms with Crippen LogP contribution in [0.1, 0.15) is 61.8 Å². The maximum absolute atomic E-state index is 15.2. The van der Waals surface area contributed by atoms with Crippen molar-refractivity contribution in [1.82, 2.24) is 0 Å². The Bertz CT molecular complexity index is 831. The molecule has 0 saturated heterocycles. The van der Waals surface area contributed by atoms with Gasteiger partial charge in [-0.1, -0.05) is 0 Å². The Morgan fingerprint density at radius 3 is 1.65 bits per heavy atom. The summed E-state index contributed by atoms with van der Waals surface area (Å²) in [7, 11) is 0. The molecule has 0 atom stereocenters. The van der Waals surface area contributed by atoms with E-state index in [1.54, 1.807) is 13.8 Å². The van der Waals surface area contributed by atoms with Crippen molar-refractivity contribution in [1.29, 1.82) is 0 Å². The molecule has 0 fully saturated rings. The maximum Gasteiger partial charge on any atom is 0.340 e. The third-order valence-electron chi connectivity index (χ3n) is 5.48. The molecule has 1 aliphatic carbocycles. The second-order valence-corrected chi connectivity index (χ2v) is 7.40. The van der Waals surface area contributed by atoms with E-state index in [0.29, 0.717) is 50.8 Å². The van der Waals surface area contributed by atoms with Gasteiger partial charge in [0.25, 0.3) is 0 Å².